The van der Waals surface area contributed by atoms with Crippen LogP contribution in [0.3, 0.4) is 0 Å². The molecule has 0 aromatic carbocycles. The molecule has 0 spiro atoms. The fourth-order valence-corrected chi connectivity index (χ4v) is 2.57. The van der Waals surface area contributed by atoms with Gasteiger partial charge in [-0.1, -0.05) is 0 Å². The molecule has 2 aromatic heterocycles. The Kier molecular flexibility index (Phi) is 4.52. The average molecular weight is 294 g/mol. The van der Waals surface area contributed by atoms with Crippen LogP contribution in [0, 0.1) is 0 Å². The third-order valence-electron chi connectivity index (χ3n) is 2.47. The zero-order valence-electron chi connectivity index (χ0n) is 11.4. The van der Waals surface area contributed by atoms with E-state index >= 15 is 0 Å². The van der Waals surface area contributed by atoms with Gasteiger partial charge >= 0.3 is 5.97 Å². The van der Waals surface area contributed by atoms with E-state index in [1.54, 1.807) is 12.1 Å². The monoisotopic (exact) mass is 294 g/mol. The van der Waals surface area contributed by atoms with Crippen molar-refractivity contribution < 1.29 is 19.0 Å². The maximum absolute atomic E-state index is 11.7. The van der Waals surface area contributed by atoms with E-state index in [1.807, 2.05) is 6.92 Å². The van der Waals surface area contributed by atoms with Gasteiger partial charge in [0.1, 0.15) is 12.1 Å². The number of carbonyl (C=O) groups is 1. The lowest BCUT2D eigenvalue weighted by atomic mass is 10.3. The van der Waals surface area contributed by atoms with Crippen LogP contribution in [-0.4, -0.2) is 36.8 Å². The molecule has 0 aliphatic rings. The van der Waals surface area contributed by atoms with E-state index in [-0.39, 0.29) is 0 Å². The molecule has 0 fully saturated rings. The Labute approximate surface area is 120 Å². The topological polar surface area (TPSA) is 70.5 Å². The molecule has 0 radical (unpaired) electrons. The maximum Gasteiger partial charge on any atom is 0.351 e. The predicted octanol–water partition coefficient (Wildman–Crippen LogP) is 2.40. The van der Waals surface area contributed by atoms with Gasteiger partial charge in [-0.15, -0.1) is 11.3 Å². The number of thiophene rings is 1. The molecule has 0 unspecified atom stereocenters. The second-order valence-electron chi connectivity index (χ2n) is 3.67. The minimum Gasteiger partial charge on any atom is -0.492 e. The minimum absolute atomic E-state index is 0.418. The summed E-state index contributed by atoms with van der Waals surface area (Å²) in [5.41, 5.74) is 0.665. The van der Waals surface area contributed by atoms with Crippen molar-refractivity contribution in [1.82, 2.24) is 9.97 Å². The smallest absolute Gasteiger partial charge is 0.351 e. The van der Waals surface area contributed by atoms with Crippen molar-refractivity contribution in [3.63, 3.8) is 0 Å². The molecule has 20 heavy (non-hydrogen) atoms. The summed E-state index contributed by atoms with van der Waals surface area (Å²) in [4.78, 5) is 21.1. The average Bonchev–Trinajstić information content (AvgIpc) is 2.91. The van der Waals surface area contributed by atoms with E-state index in [0.717, 1.165) is 4.88 Å². The first kappa shape index (κ1) is 14.3. The molecule has 0 atom stereocenters. The summed E-state index contributed by atoms with van der Waals surface area (Å²) in [6.45, 7) is 2.32. The van der Waals surface area contributed by atoms with Crippen LogP contribution in [0.25, 0.3) is 10.6 Å². The van der Waals surface area contributed by atoms with Crippen molar-refractivity contribution in [2.45, 2.75) is 6.92 Å². The highest BCUT2D eigenvalue weighted by Crippen LogP contribution is 2.36. The summed E-state index contributed by atoms with van der Waals surface area (Å²) in [6.07, 6.45) is 1.41. The number of aromatic nitrogens is 2. The Balaban J connectivity index is 2.43. The minimum atomic E-state index is -0.425. The largest absolute Gasteiger partial charge is 0.492 e. The first-order valence-electron chi connectivity index (χ1n) is 5.91. The molecule has 6 nitrogen and oxygen atoms in total. The summed E-state index contributed by atoms with van der Waals surface area (Å²) in [7, 11) is 2.87. The highest BCUT2D eigenvalue weighted by atomic mass is 32.1. The highest BCUT2D eigenvalue weighted by molar-refractivity contribution is 7.17. The van der Waals surface area contributed by atoms with E-state index in [2.05, 4.69) is 9.97 Å². The van der Waals surface area contributed by atoms with Crippen LogP contribution in [-0.2, 0) is 4.74 Å². The van der Waals surface area contributed by atoms with Crippen LogP contribution in [0.4, 0.5) is 0 Å². The van der Waals surface area contributed by atoms with Crippen LogP contribution in [0.15, 0.2) is 18.5 Å². The molecular formula is C13H14N2O4S. The lowest BCUT2D eigenvalue weighted by Gasteiger charge is -2.01. The van der Waals surface area contributed by atoms with Gasteiger partial charge in [0.2, 0.25) is 5.88 Å². The van der Waals surface area contributed by atoms with Crippen molar-refractivity contribution in [1.29, 1.82) is 0 Å². The third-order valence-corrected chi connectivity index (χ3v) is 3.59. The van der Waals surface area contributed by atoms with Crippen LogP contribution in [0.5, 0.6) is 11.6 Å². The Hall–Kier alpha value is -2.15. The van der Waals surface area contributed by atoms with Gasteiger partial charge in [-0.2, -0.15) is 0 Å². The molecule has 0 bridgehead atoms. The second-order valence-corrected chi connectivity index (χ2v) is 4.73. The second kappa shape index (κ2) is 6.33. The van der Waals surface area contributed by atoms with Gasteiger partial charge in [-0.05, 0) is 6.92 Å². The number of hydrogen-bond acceptors (Lipinski definition) is 7. The molecular weight excluding hydrogens is 280 g/mol. The summed E-state index contributed by atoms with van der Waals surface area (Å²) < 4.78 is 15.3. The normalized spacial score (nSPS) is 10.2. The van der Waals surface area contributed by atoms with Crippen molar-refractivity contribution >= 4 is 17.3 Å². The maximum atomic E-state index is 11.7. The van der Waals surface area contributed by atoms with E-state index in [9.17, 15) is 4.79 Å². The van der Waals surface area contributed by atoms with Crippen molar-refractivity contribution in [3.05, 3.63) is 23.3 Å². The third kappa shape index (κ3) is 2.88. The lowest BCUT2D eigenvalue weighted by Crippen LogP contribution is -2.01. The molecule has 0 aliphatic heterocycles. The fourth-order valence-electron chi connectivity index (χ4n) is 1.58. The van der Waals surface area contributed by atoms with Crippen molar-refractivity contribution in [2.24, 2.45) is 0 Å². The van der Waals surface area contributed by atoms with Gasteiger partial charge in [-0.25, -0.2) is 14.8 Å². The van der Waals surface area contributed by atoms with E-state index in [1.165, 1.54) is 31.9 Å². The number of rotatable bonds is 5. The Bertz CT molecular complexity index is 612. The number of carbonyl (C=O) groups excluding carboxylic acids is 1. The summed E-state index contributed by atoms with van der Waals surface area (Å²) in [5, 5.41) is 0. The van der Waals surface area contributed by atoms with Gasteiger partial charge in [0.05, 0.1) is 31.4 Å². The fraction of sp³-hybridized carbons (Fsp3) is 0.308. The molecule has 106 valence electrons. The predicted molar refractivity (Wildman–Crippen MR) is 74.4 cm³/mol. The van der Waals surface area contributed by atoms with Crippen molar-refractivity contribution in [2.75, 3.05) is 20.8 Å². The van der Waals surface area contributed by atoms with Gasteiger partial charge in [0.15, 0.2) is 4.88 Å². The molecule has 2 rings (SSSR count). The highest BCUT2D eigenvalue weighted by Gasteiger charge is 2.19. The first-order chi connectivity index (χ1) is 9.69. The molecule has 7 heteroatoms. The molecule has 0 aliphatic carbocycles. The van der Waals surface area contributed by atoms with Gasteiger partial charge in [0, 0.05) is 12.1 Å². The number of ether oxygens (including phenoxy) is 3. The van der Waals surface area contributed by atoms with Crippen LogP contribution in [0.2, 0.25) is 0 Å². The SMILES string of the molecule is CCOc1cc(-c2cc(OC)ncn2)sc1C(=O)OC. The van der Waals surface area contributed by atoms with E-state index in [0.29, 0.717) is 28.8 Å². The molecule has 0 N–H and O–H groups in total. The molecule has 2 heterocycles. The van der Waals surface area contributed by atoms with Gasteiger partial charge in [-0.3, -0.25) is 0 Å². The Morgan fingerprint density at radius 2 is 2.10 bits per heavy atom. The molecule has 0 saturated heterocycles. The van der Waals surface area contributed by atoms with Gasteiger partial charge in [0.25, 0.3) is 0 Å². The zero-order chi connectivity index (χ0) is 14.5. The van der Waals surface area contributed by atoms with Crippen LogP contribution >= 0.6 is 11.3 Å². The lowest BCUT2D eigenvalue weighted by molar-refractivity contribution is 0.0602. The van der Waals surface area contributed by atoms with Crippen LogP contribution < -0.4 is 9.47 Å². The molecule has 0 amide bonds. The summed E-state index contributed by atoms with van der Waals surface area (Å²) in [5.74, 6) is 0.531. The zero-order valence-corrected chi connectivity index (χ0v) is 12.2. The number of methoxy groups -OCH3 is 2. The first-order valence-corrected chi connectivity index (χ1v) is 6.72. The number of hydrogen-bond donors (Lipinski definition) is 0. The van der Waals surface area contributed by atoms with E-state index < -0.39 is 5.97 Å². The Morgan fingerprint density at radius 1 is 1.30 bits per heavy atom. The quantitative estimate of drug-likeness (QED) is 0.789. The van der Waals surface area contributed by atoms with Gasteiger partial charge < -0.3 is 14.2 Å². The Morgan fingerprint density at radius 3 is 2.75 bits per heavy atom. The number of nitrogens with zero attached hydrogens (tertiary/aromatic N) is 2. The number of esters is 1. The van der Waals surface area contributed by atoms with Crippen molar-refractivity contribution in [3.8, 4) is 22.2 Å². The summed E-state index contributed by atoms with van der Waals surface area (Å²) >= 11 is 1.26. The van der Waals surface area contributed by atoms with Crippen LogP contribution in [0.1, 0.15) is 16.6 Å². The molecule has 0 saturated carbocycles. The van der Waals surface area contributed by atoms with E-state index in [4.69, 9.17) is 14.2 Å². The molecule has 2 aromatic rings. The standard InChI is InChI=1S/C13H14N2O4S/c1-4-19-9-6-10(20-12(9)13(16)18-3)8-5-11(17-2)15-7-14-8/h5-7H,4H2,1-3H3. The summed E-state index contributed by atoms with van der Waals surface area (Å²) in [6, 6.07) is 3.46.